The Bertz CT molecular complexity index is 1300. The minimum atomic E-state index is -1.01. The summed E-state index contributed by atoms with van der Waals surface area (Å²) in [4.78, 5) is 23.6. The zero-order valence-corrected chi connectivity index (χ0v) is 19.9. The molecular weight excluding hydrogens is 475 g/mol. The van der Waals surface area contributed by atoms with Crippen molar-refractivity contribution in [1.82, 2.24) is 0 Å². The first-order valence-corrected chi connectivity index (χ1v) is 10.9. The molecule has 0 radical (unpaired) electrons. The van der Waals surface area contributed by atoms with Crippen LogP contribution in [0.4, 0.5) is 5.69 Å². The topological polar surface area (TPSA) is 99.4 Å². The molecule has 2 N–H and O–H groups in total. The van der Waals surface area contributed by atoms with Gasteiger partial charge in [-0.25, -0.2) is 4.79 Å². The normalized spacial score (nSPS) is 11.0. The summed E-state index contributed by atoms with van der Waals surface area (Å²) in [5.41, 5.74) is 3.82. The first-order valence-electron chi connectivity index (χ1n) is 10.1. The Hall–Kier alpha value is -3.79. The minimum Gasteiger partial charge on any atom is -0.486 e. The van der Waals surface area contributed by atoms with Gasteiger partial charge in [0.1, 0.15) is 18.2 Å². The van der Waals surface area contributed by atoms with Gasteiger partial charge in [-0.2, -0.15) is 5.26 Å². The molecule has 3 aromatic rings. The monoisotopic (exact) mass is 494 g/mol. The number of ether oxygens (including phenoxy) is 1. The second-order valence-electron chi connectivity index (χ2n) is 7.48. The van der Waals surface area contributed by atoms with E-state index >= 15 is 0 Å². The zero-order valence-electron chi connectivity index (χ0n) is 18.4. The molecule has 0 saturated heterocycles. The van der Waals surface area contributed by atoms with Crippen LogP contribution in [0.3, 0.4) is 0 Å². The van der Waals surface area contributed by atoms with Crippen LogP contribution in [0.5, 0.6) is 5.75 Å². The van der Waals surface area contributed by atoms with Gasteiger partial charge in [0, 0.05) is 5.69 Å². The number of nitrogens with zero attached hydrogens (tertiary/aromatic N) is 1. The van der Waals surface area contributed by atoms with Gasteiger partial charge in [0.05, 0.1) is 15.6 Å². The molecule has 0 spiro atoms. The fourth-order valence-electron chi connectivity index (χ4n) is 3.09. The van der Waals surface area contributed by atoms with E-state index < -0.39 is 11.9 Å². The molecule has 0 saturated carbocycles. The Morgan fingerprint density at radius 1 is 1.09 bits per heavy atom. The van der Waals surface area contributed by atoms with E-state index in [0.29, 0.717) is 11.3 Å². The van der Waals surface area contributed by atoms with Crippen molar-refractivity contribution in [3.05, 3.63) is 98.0 Å². The van der Waals surface area contributed by atoms with Gasteiger partial charge in [0.2, 0.25) is 0 Å². The lowest BCUT2D eigenvalue weighted by atomic mass is 10.1. The van der Waals surface area contributed by atoms with Gasteiger partial charge in [-0.1, -0.05) is 47.5 Å². The highest BCUT2D eigenvalue weighted by atomic mass is 35.5. The number of aryl methyl sites for hydroxylation is 1. The molecule has 0 aliphatic heterocycles. The maximum atomic E-state index is 12.6. The molecule has 1 amide bonds. The van der Waals surface area contributed by atoms with E-state index in [1.165, 1.54) is 18.2 Å². The van der Waals surface area contributed by atoms with E-state index in [9.17, 15) is 14.9 Å². The molecule has 0 unspecified atom stereocenters. The molecule has 172 valence electrons. The molecule has 8 heteroatoms. The van der Waals surface area contributed by atoms with Gasteiger partial charge in [-0.15, -0.1) is 0 Å². The SMILES string of the molecule is Cc1cccc(NC(=O)/C(C#N)=C/c2cc(Cl)c(OCc3ccc(C(=O)O)cc3)c(Cl)c2)c1C. The molecular formula is C26H20Cl2N2O4. The highest BCUT2D eigenvalue weighted by molar-refractivity contribution is 6.37. The van der Waals surface area contributed by atoms with E-state index in [4.69, 9.17) is 33.0 Å². The van der Waals surface area contributed by atoms with Crippen molar-refractivity contribution in [3.63, 3.8) is 0 Å². The second kappa shape index (κ2) is 10.9. The van der Waals surface area contributed by atoms with Crippen LogP contribution in [-0.4, -0.2) is 17.0 Å². The maximum absolute atomic E-state index is 12.6. The fourth-order valence-corrected chi connectivity index (χ4v) is 3.70. The maximum Gasteiger partial charge on any atom is 0.335 e. The molecule has 3 aromatic carbocycles. The lowest BCUT2D eigenvalue weighted by Crippen LogP contribution is -2.14. The van der Waals surface area contributed by atoms with Gasteiger partial charge >= 0.3 is 5.97 Å². The summed E-state index contributed by atoms with van der Waals surface area (Å²) in [6, 6.07) is 16.7. The summed E-state index contributed by atoms with van der Waals surface area (Å²) in [7, 11) is 0. The van der Waals surface area contributed by atoms with E-state index in [1.54, 1.807) is 30.3 Å². The quantitative estimate of drug-likeness (QED) is 0.291. The van der Waals surface area contributed by atoms with Crippen molar-refractivity contribution < 1.29 is 19.4 Å². The Labute approximate surface area is 207 Å². The van der Waals surface area contributed by atoms with Gasteiger partial charge < -0.3 is 15.2 Å². The largest absolute Gasteiger partial charge is 0.486 e. The summed E-state index contributed by atoms with van der Waals surface area (Å²) < 4.78 is 5.71. The number of halogens is 2. The first kappa shape index (κ1) is 24.8. The summed E-state index contributed by atoms with van der Waals surface area (Å²) in [6.07, 6.45) is 1.40. The first-order chi connectivity index (χ1) is 16.2. The number of aromatic carboxylic acids is 1. The number of carbonyl (C=O) groups is 2. The number of benzene rings is 3. The van der Waals surface area contributed by atoms with Gasteiger partial charge in [0.25, 0.3) is 5.91 Å². The van der Waals surface area contributed by atoms with E-state index in [0.717, 1.165) is 16.7 Å². The van der Waals surface area contributed by atoms with Crippen LogP contribution in [0.2, 0.25) is 10.0 Å². The number of hydrogen-bond donors (Lipinski definition) is 2. The van der Waals surface area contributed by atoms with E-state index in [2.05, 4.69) is 5.32 Å². The van der Waals surface area contributed by atoms with Crippen molar-refractivity contribution in [1.29, 1.82) is 5.26 Å². The Morgan fingerprint density at radius 3 is 2.32 bits per heavy atom. The average molecular weight is 495 g/mol. The predicted octanol–water partition coefficient (Wildman–Crippen LogP) is 6.43. The van der Waals surface area contributed by atoms with Gasteiger partial charge in [0.15, 0.2) is 5.75 Å². The summed E-state index contributed by atoms with van der Waals surface area (Å²) in [6.45, 7) is 3.94. The molecule has 0 bridgehead atoms. The van der Waals surface area contributed by atoms with Crippen LogP contribution < -0.4 is 10.1 Å². The Kier molecular flexibility index (Phi) is 7.95. The van der Waals surface area contributed by atoms with E-state index in [1.807, 2.05) is 32.0 Å². The van der Waals surface area contributed by atoms with Crippen LogP contribution in [0.15, 0.2) is 60.2 Å². The third-order valence-corrected chi connectivity index (χ3v) is 5.70. The van der Waals surface area contributed by atoms with Crippen molar-refractivity contribution >= 4 is 46.8 Å². The number of nitriles is 1. The summed E-state index contributed by atoms with van der Waals surface area (Å²) in [5, 5.41) is 21.6. The number of nitrogens with one attached hydrogen (secondary N) is 1. The highest BCUT2D eigenvalue weighted by Gasteiger charge is 2.14. The van der Waals surface area contributed by atoms with Crippen LogP contribution in [0, 0.1) is 25.2 Å². The van der Waals surface area contributed by atoms with Crippen LogP contribution >= 0.6 is 23.2 Å². The van der Waals surface area contributed by atoms with Crippen molar-refractivity contribution in [2.24, 2.45) is 0 Å². The molecule has 0 aromatic heterocycles. The molecule has 0 atom stereocenters. The average Bonchev–Trinajstić information content (AvgIpc) is 2.80. The molecule has 0 aliphatic carbocycles. The van der Waals surface area contributed by atoms with Crippen LogP contribution in [0.1, 0.15) is 32.6 Å². The zero-order chi connectivity index (χ0) is 24.8. The number of hydrogen-bond acceptors (Lipinski definition) is 4. The number of anilines is 1. The summed E-state index contributed by atoms with van der Waals surface area (Å²) >= 11 is 12.7. The number of amides is 1. The molecule has 0 heterocycles. The Morgan fingerprint density at radius 2 is 1.74 bits per heavy atom. The Balaban J connectivity index is 1.76. The number of carboxylic acids is 1. The fraction of sp³-hybridized carbons (Fsp3) is 0.115. The molecule has 34 heavy (non-hydrogen) atoms. The van der Waals surface area contributed by atoms with Crippen LogP contribution in [-0.2, 0) is 11.4 Å². The molecule has 3 rings (SSSR count). The summed E-state index contributed by atoms with van der Waals surface area (Å²) in [5.74, 6) is -1.32. The number of carbonyl (C=O) groups excluding carboxylic acids is 1. The number of rotatable bonds is 7. The van der Waals surface area contributed by atoms with Crippen molar-refractivity contribution in [2.75, 3.05) is 5.32 Å². The molecule has 0 fully saturated rings. The van der Waals surface area contributed by atoms with Gasteiger partial charge in [-0.05, 0) is 72.5 Å². The molecule has 0 aliphatic rings. The standard InChI is InChI=1S/C26H20Cl2N2O4/c1-15-4-3-5-23(16(15)2)30-25(31)20(13-29)10-18-11-21(27)24(22(28)12-18)34-14-17-6-8-19(9-7-17)26(32)33/h3-12H,14H2,1-2H3,(H,30,31)(H,32,33)/b20-10+. The second-order valence-corrected chi connectivity index (χ2v) is 8.29. The lowest BCUT2D eigenvalue weighted by Gasteiger charge is -2.12. The minimum absolute atomic E-state index is 0.111. The molecule has 6 nitrogen and oxygen atoms in total. The third kappa shape index (κ3) is 5.96. The van der Waals surface area contributed by atoms with Crippen LogP contribution in [0.25, 0.3) is 6.08 Å². The van der Waals surface area contributed by atoms with E-state index in [-0.39, 0.29) is 33.5 Å². The third-order valence-electron chi connectivity index (χ3n) is 5.13. The van der Waals surface area contributed by atoms with Crippen molar-refractivity contribution in [3.8, 4) is 11.8 Å². The van der Waals surface area contributed by atoms with Crippen molar-refractivity contribution in [2.45, 2.75) is 20.5 Å². The number of carboxylic acid groups (broad SMARTS) is 1. The smallest absolute Gasteiger partial charge is 0.335 e. The predicted molar refractivity (Wildman–Crippen MR) is 132 cm³/mol. The van der Waals surface area contributed by atoms with Gasteiger partial charge in [-0.3, -0.25) is 4.79 Å². The highest BCUT2D eigenvalue weighted by Crippen LogP contribution is 2.35. The lowest BCUT2D eigenvalue weighted by molar-refractivity contribution is -0.112.